The van der Waals surface area contributed by atoms with Gasteiger partial charge in [-0.1, -0.05) is 45.9 Å². The lowest BCUT2D eigenvalue weighted by Crippen LogP contribution is -2.28. The van der Waals surface area contributed by atoms with Crippen LogP contribution in [0.15, 0.2) is 29.1 Å². The highest BCUT2D eigenvalue weighted by atomic mass is 16.1. The van der Waals surface area contributed by atoms with E-state index in [1.165, 1.54) is 0 Å². The summed E-state index contributed by atoms with van der Waals surface area (Å²) in [5.74, 6) is 0. The normalized spacial score (nSPS) is 12.0. The molecule has 0 fully saturated rings. The van der Waals surface area contributed by atoms with Crippen molar-refractivity contribution in [3.8, 4) is 0 Å². The second kappa shape index (κ2) is 4.56. The second-order valence-corrected chi connectivity index (χ2v) is 5.66. The van der Waals surface area contributed by atoms with Gasteiger partial charge < -0.3 is 0 Å². The van der Waals surface area contributed by atoms with Crippen LogP contribution in [0.5, 0.6) is 0 Å². The highest BCUT2D eigenvalue weighted by Gasteiger charge is 2.20. The largest absolute Gasteiger partial charge is 0.348 e. The molecule has 0 N–H and O–H groups in total. The summed E-state index contributed by atoms with van der Waals surface area (Å²) in [6, 6.07) is 8.03. The third kappa shape index (κ3) is 2.17. The Balaban J connectivity index is 2.86. The molecule has 0 aliphatic rings. The van der Waals surface area contributed by atoms with Gasteiger partial charge in [-0.2, -0.15) is 4.98 Å². The monoisotopic (exact) mass is 244 g/mol. The Labute approximate surface area is 107 Å². The van der Waals surface area contributed by atoms with Crippen LogP contribution >= 0.6 is 0 Å². The zero-order chi connectivity index (χ0) is 13.3. The SMILES string of the molecule is CCCn1c(=O)nc(C(C)(C)C)c2ccccc21. The molecule has 96 valence electrons. The predicted octanol–water partition coefficient (Wildman–Crippen LogP) is 3.10. The summed E-state index contributed by atoms with van der Waals surface area (Å²) in [4.78, 5) is 16.4. The Morgan fingerprint density at radius 2 is 1.89 bits per heavy atom. The Morgan fingerprint density at radius 3 is 2.50 bits per heavy atom. The maximum Gasteiger partial charge on any atom is 0.348 e. The molecule has 2 aromatic rings. The van der Waals surface area contributed by atoms with E-state index in [9.17, 15) is 4.79 Å². The fourth-order valence-electron chi connectivity index (χ4n) is 2.24. The summed E-state index contributed by atoms with van der Waals surface area (Å²) < 4.78 is 1.77. The molecule has 0 aliphatic carbocycles. The lowest BCUT2D eigenvalue weighted by atomic mass is 9.89. The van der Waals surface area contributed by atoms with Gasteiger partial charge in [0.15, 0.2) is 0 Å². The van der Waals surface area contributed by atoms with Crippen molar-refractivity contribution in [2.45, 2.75) is 46.1 Å². The van der Waals surface area contributed by atoms with Crippen LogP contribution in [-0.2, 0) is 12.0 Å². The molecule has 0 unspecified atom stereocenters. The Morgan fingerprint density at radius 1 is 1.22 bits per heavy atom. The predicted molar refractivity (Wildman–Crippen MR) is 75.0 cm³/mol. The minimum Gasteiger partial charge on any atom is -0.292 e. The first kappa shape index (κ1) is 12.8. The molecule has 1 heterocycles. The number of nitrogens with zero attached hydrogens (tertiary/aromatic N) is 2. The molecule has 3 heteroatoms. The number of hydrogen-bond acceptors (Lipinski definition) is 2. The second-order valence-electron chi connectivity index (χ2n) is 5.66. The quantitative estimate of drug-likeness (QED) is 0.813. The molecule has 0 aliphatic heterocycles. The molecule has 0 radical (unpaired) electrons. The molecule has 0 saturated carbocycles. The van der Waals surface area contributed by atoms with Crippen molar-refractivity contribution in [3.05, 3.63) is 40.4 Å². The van der Waals surface area contributed by atoms with Crippen molar-refractivity contribution in [3.63, 3.8) is 0 Å². The van der Waals surface area contributed by atoms with E-state index in [2.05, 4.69) is 38.7 Å². The van der Waals surface area contributed by atoms with E-state index < -0.39 is 0 Å². The summed E-state index contributed by atoms with van der Waals surface area (Å²) in [6.45, 7) is 9.05. The van der Waals surface area contributed by atoms with Crippen LogP contribution in [0.4, 0.5) is 0 Å². The summed E-state index contributed by atoms with van der Waals surface area (Å²) in [5.41, 5.74) is 1.62. The number of fused-ring (bicyclic) bond motifs is 1. The molecule has 3 nitrogen and oxygen atoms in total. The van der Waals surface area contributed by atoms with Gasteiger partial charge in [0, 0.05) is 17.3 Å². The molecule has 0 bridgehead atoms. The minimum absolute atomic E-state index is 0.121. The van der Waals surface area contributed by atoms with Gasteiger partial charge in [-0.05, 0) is 12.5 Å². The molecule has 2 rings (SSSR count). The fraction of sp³-hybridized carbons (Fsp3) is 0.467. The van der Waals surface area contributed by atoms with Crippen molar-refractivity contribution < 1.29 is 0 Å². The first-order valence-corrected chi connectivity index (χ1v) is 6.45. The van der Waals surface area contributed by atoms with Crippen molar-refractivity contribution in [2.75, 3.05) is 0 Å². The van der Waals surface area contributed by atoms with Crippen molar-refractivity contribution in [2.24, 2.45) is 0 Å². The van der Waals surface area contributed by atoms with Crippen LogP contribution in [0, 0.1) is 0 Å². The van der Waals surface area contributed by atoms with Crippen LogP contribution < -0.4 is 5.69 Å². The van der Waals surface area contributed by atoms with Gasteiger partial charge in [0.05, 0.1) is 11.2 Å². The smallest absolute Gasteiger partial charge is 0.292 e. The number of hydrogen-bond donors (Lipinski definition) is 0. The molecule has 0 spiro atoms. The molecule has 0 saturated heterocycles. The van der Waals surface area contributed by atoms with Gasteiger partial charge >= 0.3 is 5.69 Å². The Kier molecular flexibility index (Phi) is 3.24. The average Bonchev–Trinajstić information content (AvgIpc) is 2.31. The van der Waals surface area contributed by atoms with E-state index in [1.807, 2.05) is 18.2 Å². The van der Waals surface area contributed by atoms with E-state index in [0.29, 0.717) is 0 Å². The standard InChI is InChI=1S/C15H20N2O/c1-5-10-17-12-9-7-6-8-11(12)13(15(2,3)4)16-14(17)18/h6-9H,5,10H2,1-4H3. The number of aryl methyl sites for hydroxylation is 1. The van der Waals surface area contributed by atoms with E-state index in [1.54, 1.807) is 4.57 Å². The summed E-state index contributed by atoms with van der Waals surface area (Å²) in [6.07, 6.45) is 0.931. The van der Waals surface area contributed by atoms with E-state index in [4.69, 9.17) is 0 Å². The van der Waals surface area contributed by atoms with Crippen LogP contribution in [0.3, 0.4) is 0 Å². The molecular formula is C15H20N2O. The zero-order valence-electron chi connectivity index (χ0n) is 11.5. The third-order valence-electron chi connectivity index (χ3n) is 3.05. The third-order valence-corrected chi connectivity index (χ3v) is 3.05. The number of para-hydroxylation sites is 1. The van der Waals surface area contributed by atoms with Crippen LogP contribution in [-0.4, -0.2) is 9.55 Å². The van der Waals surface area contributed by atoms with Crippen LogP contribution in [0.25, 0.3) is 10.9 Å². The molecule has 0 atom stereocenters. The number of rotatable bonds is 2. The maximum absolute atomic E-state index is 12.1. The van der Waals surface area contributed by atoms with Crippen molar-refractivity contribution >= 4 is 10.9 Å². The molecule has 18 heavy (non-hydrogen) atoms. The van der Waals surface area contributed by atoms with Crippen LogP contribution in [0.2, 0.25) is 0 Å². The van der Waals surface area contributed by atoms with Crippen molar-refractivity contribution in [1.29, 1.82) is 0 Å². The van der Waals surface area contributed by atoms with E-state index in [0.717, 1.165) is 29.6 Å². The van der Waals surface area contributed by atoms with Gasteiger partial charge in [-0.3, -0.25) is 4.57 Å². The number of benzene rings is 1. The molecule has 1 aromatic heterocycles. The fourth-order valence-corrected chi connectivity index (χ4v) is 2.24. The maximum atomic E-state index is 12.1. The Hall–Kier alpha value is -1.64. The number of aromatic nitrogens is 2. The zero-order valence-corrected chi connectivity index (χ0v) is 11.5. The lowest BCUT2D eigenvalue weighted by Gasteiger charge is -2.21. The van der Waals surface area contributed by atoms with Gasteiger partial charge in [-0.15, -0.1) is 0 Å². The summed E-state index contributed by atoms with van der Waals surface area (Å²) in [5, 5.41) is 1.08. The average molecular weight is 244 g/mol. The first-order valence-electron chi connectivity index (χ1n) is 6.45. The lowest BCUT2D eigenvalue weighted by molar-refractivity contribution is 0.560. The van der Waals surface area contributed by atoms with Gasteiger partial charge in [0.2, 0.25) is 0 Å². The van der Waals surface area contributed by atoms with Gasteiger partial charge in [-0.25, -0.2) is 4.79 Å². The van der Waals surface area contributed by atoms with E-state index in [-0.39, 0.29) is 11.1 Å². The highest BCUT2D eigenvalue weighted by Crippen LogP contribution is 2.26. The van der Waals surface area contributed by atoms with Crippen LogP contribution in [0.1, 0.15) is 39.8 Å². The molecule has 0 amide bonds. The topological polar surface area (TPSA) is 34.9 Å². The van der Waals surface area contributed by atoms with Gasteiger partial charge in [0.1, 0.15) is 0 Å². The Bertz CT molecular complexity index is 620. The minimum atomic E-state index is -0.138. The van der Waals surface area contributed by atoms with Crippen molar-refractivity contribution in [1.82, 2.24) is 9.55 Å². The summed E-state index contributed by atoms with van der Waals surface area (Å²) >= 11 is 0. The molecular weight excluding hydrogens is 224 g/mol. The molecule has 1 aromatic carbocycles. The van der Waals surface area contributed by atoms with Gasteiger partial charge in [0.25, 0.3) is 0 Å². The highest BCUT2D eigenvalue weighted by molar-refractivity contribution is 5.82. The summed E-state index contributed by atoms with van der Waals surface area (Å²) in [7, 11) is 0. The first-order chi connectivity index (χ1) is 8.45. The van der Waals surface area contributed by atoms with E-state index >= 15 is 0 Å².